The van der Waals surface area contributed by atoms with Crippen molar-refractivity contribution in [1.82, 2.24) is 5.06 Å². The van der Waals surface area contributed by atoms with Crippen LogP contribution in [0.3, 0.4) is 0 Å². The molecule has 3 atom stereocenters. The number of carbonyl (C=O) groups excluding carboxylic acids is 2. The molecule has 0 bridgehead atoms. The first-order chi connectivity index (χ1) is 12.1. The van der Waals surface area contributed by atoms with E-state index in [1.54, 1.807) is 24.3 Å². The number of ether oxygens (including phenoxy) is 1. The van der Waals surface area contributed by atoms with E-state index in [1.807, 2.05) is 50.2 Å². The lowest BCUT2D eigenvalue weighted by Gasteiger charge is -2.27. The van der Waals surface area contributed by atoms with Crippen molar-refractivity contribution in [3.8, 4) is 0 Å². The minimum absolute atomic E-state index is 0.00946. The lowest BCUT2D eigenvalue weighted by Crippen LogP contribution is -2.40. The average molecular weight is 339 g/mol. The molecule has 25 heavy (non-hydrogen) atoms. The molecule has 1 saturated heterocycles. The molecule has 2 aromatic carbocycles. The van der Waals surface area contributed by atoms with Crippen molar-refractivity contribution in [2.24, 2.45) is 5.92 Å². The first-order valence-corrected chi connectivity index (χ1v) is 8.43. The van der Waals surface area contributed by atoms with Crippen LogP contribution in [0, 0.1) is 5.92 Å². The Balaban J connectivity index is 1.90. The minimum atomic E-state index is -0.736. The predicted octanol–water partition coefficient (Wildman–Crippen LogP) is 3.73. The number of hydroxylamine groups is 2. The average Bonchev–Trinajstić information content (AvgIpc) is 2.98. The van der Waals surface area contributed by atoms with Gasteiger partial charge in [0.25, 0.3) is 0 Å². The third kappa shape index (κ3) is 3.56. The number of hydrogen-bond acceptors (Lipinski definition) is 5. The zero-order valence-electron chi connectivity index (χ0n) is 14.3. The van der Waals surface area contributed by atoms with Gasteiger partial charge in [-0.25, -0.2) is 4.79 Å². The molecule has 1 aliphatic rings. The summed E-state index contributed by atoms with van der Waals surface area (Å²) >= 11 is 0. The second-order valence-corrected chi connectivity index (χ2v) is 6.13. The molecular formula is C20H21NO4. The molecule has 2 aromatic rings. The SMILES string of the molecule is CCC(C)[C@H]1C(=O)O[C@@H](c2ccccc2)N1OC(=O)c1ccccc1. The largest absolute Gasteiger partial charge is 0.438 e. The normalized spacial score (nSPS) is 21.6. The summed E-state index contributed by atoms with van der Waals surface area (Å²) in [6.45, 7) is 3.94. The van der Waals surface area contributed by atoms with Crippen molar-refractivity contribution in [2.75, 3.05) is 0 Å². The molecule has 1 fully saturated rings. The zero-order chi connectivity index (χ0) is 17.8. The van der Waals surface area contributed by atoms with E-state index in [4.69, 9.17) is 9.57 Å². The van der Waals surface area contributed by atoms with Crippen LogP contribution in [0.4, 0.5) is 0 Å². The highest BCUT2D eigenvalue weighted by Crippen LogP contribution is 2.36. The van der Waals surface area contributed by atoms with Crippen LogP contribution in [0.25, 0.3) is 0 Å². The van der Waals surface area contributed by atoms with Crippen LogP contribution in [0.1, 0.15) is 42.4 Å². The number of nitrogens with zero attached hydrogens (tertiary/aromatic N) is 1. The summed E-state index contributed by atoms with van der Waals surface area (Å²) in [5.74, 6) is -0.887. The fraction of sp³-hybridized carbons (Fsp3) is 0.300. The van der Waals surface area contributed by atoms with Gasteiger partial charge >= 0.3 is 11.9 Å². The Morgan fingerprint density at radius 1 is 1.12 bits per heavy atom. The second-order valence-electron chi connectivity index (χ2n) is 6.13. The highest BCUT2D eigenvalue weighted by atomic mass is 16.8. The van der Waals surface area contributed by atoms with Crippen LogP contribution < -0.4 is 0 Å². The van der Waals surface area contributed by atoms with Gasteiger partial charge in [0.1, 0.15) is 0 Å². The van der Waals surface area contributed by atoms with Gasteiger partial charge in [0.15, 0.2) is 6.04 Å². The van der Waals surface area contributed by atoms with Crippen LogP contribution in [0.15, 0.2) is 60.7 Å². The smallest absolute Gasteiger partial charge is 0.357 e. The van der Waals surface area contributed by atoms with Gasteiger partial charge in [-0.3, -0.25) is 4.79 Å². The van der Waals surface area contributed by atoms with Crippen molar-refractivity contribution >= 4 is 11.9 Å². The van der Waals surface area contributed by atoms with Gasteiger partial charge < -0.3 is 9.57 Å². The van der Waals surface area contributed by atoms with E-state index in [9.17, 15) is 9.59 Å². The van der Waals surface area contributed by atoms with E-state index in [0.29, 0.717) is 5.56 Å². The van der Waals surface area contributed by atoms with Crippen molar-refractivity contribution in [2.45, 2.75) is 32.5 Å². The van der Waals surface area contributed by atoms with Gasteiger partial charge in [0.2, 0.25) is 6.23 Å². The van der Waals surface area contributed by atoms with Gasteiger partial charge in [-0.05, 0) is 18.1 Å². The van der Waals surface area contributed by atoms with E-state index in [0.717, 1.165) is 12.0 Å². The molecule has 5 heteroatoms. The Bertz CT molecular complexity index is 732. The van der Waals surface area contributed by atoms with Gasteiger partial charge in [-0.2, -0.15) is 0 Å². The number of rotatable bonds is 5. The van der Waals surface area contributed by atoms with Crippen LogP contribution >= 0.6 is 0 Å². The van der Waals surface area contributed by atoms with Crippen LogP contribution in [0.5, 0.6) is 0 Å². The summed E-state index contributed by atoms with van der Waals surface area (Å²) in [4.78, 5) is 30.6. The number of hydrogen-bond donors (Lipinski definition) is 0. The molecule has 0 aromatic heterocycles. The lowest BCUT2D eigenvalue weighted by atomic mass is 9.99. The fourth-order valence-electron chi connectivity index (χ4n) is 2.85. The summed E-state index contributed by atoms with van der Waals surface area (Å²) in [5, 5.41) is 1.40. The molecule has 1 heterocycles. The molecular weight excluding hydrogens is 318 g/mol. The summed E-state index contributed by atoms with van der Waals surface area (Å²) in [6.07, 6.45) is 0.0288. The predicted molar refractivity (Wildman–Crippen MR) is 92.2 cm³/mol. The van der Waals surface area contributed by atoms with Crippen LogP contribution in [0.2, 0.25) is 0 Å². The highest BCUT2D eigenvalue weighted by molar-refractivity contribution is 5.89. The molecule has 0 amide bonds. The fourth-order valence-corrected chi connectivity index (χ4v) is 2.85. The number of benzene rings is 2. The Hall–Kier alpha value is -2.66. The van der Waals surface area contributed by atoms with Gasteiger partial charge in [0, 0.05) is 5.56 Å². The molecule has 3 rings (SSSR count). The third-order valence-electron chi connectivity index (χ3n) is 4.44. The summed E-state index contributed by atoms with van der Waals surface area (Å²) in [6, 6.07) is 17.4. The van der Waals surface area contributed by atoms with Gasteiger partial charge in [-0.15, -0.1) is 0 Å². The second kappa shape index (κ2) is 7.49. The Labute approximate surface area is 147 Å². The maximum Gasteiger partial charge on any atom is 0.357 e. The first-order valence-electron chi connectivity index (χ1n) is 8.43. The molecule has 1 aliphatic heterocycles. The maximum absolute atomic E-state index is 12.5. The summed E-state index contributed by atoms with van der Waals surface area (Å²) < 4.78 is 5.54. The number of cyclic esters (lactones) is 1. The maximum atomic E-state index is 12.5. The van der Waals surface area contributed by atoms with Gasteiger partial charge in [-0.1, -0.05) is 73.9 Å². The third-order valence-corrected chi connectivity index (χ3v) is 4.44. The van der Waals surface area contributed by atoms with Crippen molar-refractivity contribution in [1.29, 1.82) is 0 Å². The highest BCUT2D eigenvalue weighted by Gasteiger charge is 2.48. The minimum Gasteiger partial charge on any atom is -0.438 e. The quantitative estimate of drug-likeness (QED) is 0.777. The number of esters is 1. The molecule has 0 aliphatic carbocycles. The Morgan fingerprint density at radius 3 is 2.32 bits per heavy atom. The molecule has 5 nitrogen and oxygen atoms in total. The standard InChI is InChI=1S/C20H21NO4/c1-3-14(2)17-20(23)24-18(15-10-6-4-7-11-15)21(17)25-19(22)16-12-8-5-9-13-16/h4-14,17-18H,3H2,1-2H3/t14?,17-,18-/m0/s1. The van der Waals surface area contributed by atoms with E-state index < -0.39 is 18.2 Å². The van der Waals surface area contributed by atoms with E-state index in [2.05, 4.69) is 0 Å². The monoisotopic (exact) mass is 339 g/mol. The molecule has 0 radical (unpaired) electrons. The van der Waals surface area contributed by atoms with E-state index in [-0.39, 0.29) is 11.9 Å². The zero-order valence-corrected chi connectivity index (χ0v) is 14.3. The van der Waals surface area contributed by atoms with Crippen molar-refractivity contribution in [3.63, 3.8) is 0 Å². The Kier molecular flexibility index (Phi) is 5.14. The van der Waals surface area contributed by atoms with Crippen molar-refractivity contribution in [3.05, 3.63) is 71.8 Å². The van der Waals surface area contributed by atoms with Gasteiger partial charge in [0.05, 0.1) is 5.56 Å². The van der Waals surface area contributed by atoms with E-state index >= 15 is 0 Å². The van der Waals surface area contributed by atoms with E-state index in [1.165, 1.54) is 5.06 Å². The topological polar surface area (TPSA) is 55.8 Å². The lowest BCUT2D eigenvalue weighted by molar-refractivity contribution is -0.184. The van der Waals surface area contributed by atoms with Crippen LogP contribution in [-0.2, 0) is 14.4 Å². The molecule has 1 unspecified atom stereocenters. The molecule has 130 valence electrons. The summed E-state index contributed by atoms with van der Waals surface area (Å²) in [7, 11) is 0. The van der Waals surface area contributed by atoms with Crippen molar-refractivity contribution < 1.29 is 19.2 Å². The first kappa shape index (κ1) is 17.2. The molecule has 0 saturated carbocycles. The number of carbonyl (C=O) groups is 2. The van der Waals surface area contributed by atoms with Crippen LogP contribution in [-0.4, -0.2) is 23.0 Å². The molecule has 0 spiro atoms. The molecule has 0 N–H and O–H groups in total. The summed E-state index contributed by atoms with van der Waals surface area (Å²) in [5.41, 5.74) is 1.19. The Morgan fingerprint density at radius 2 is 1.72 bits per heavy atom.